The van der Waals surface area contributed by atoms with Gasteiger partial charge >= 0.3 is 0 Å². The van der Waals surface area contributed by atoms with Crippen LogP contribution in [0.15, 0.2) is 18.2 Å². The Morgan fingerprint density at radius 3 is 2.30 bits per heavy atom. The molecule has 0 amide bonds. The van der Waals surface area contributed by atoms with Crippen molar-refractivity contribution < 1.29 is 5.11 Å². The van der Waals surface area contributed by atoms with Crippen LogP contribution in [0, 0.1) is 30.6 Å². The number of hydrogen-bond acceptors (Lipinski definition) is 2. The van der Waals surface area contributed by atoms with Crippen LogP contribution in [0.1, 0.15) is 67.7 Å². The van der Waals surface area contributed by atoms with Gasteiger partial charge in [0.05, 0.1) is 17.6 Å². The van der Waals surface area contributed by atoms with Crippen molar-refractivity contribution in [3.05, 3.63) is 34.9 Å². The van der Waals surface area contributed by atoms with Crippen molar-refractivity contribution in [2.45, 2.75) is 64.9 Å². The standard InChI is InChI=1S/C18H25NO/c1-14-8-9-15(2)16(12-14)17(20)18(13-19)10-6-4-3-5-7-11-18/h8-9,12,17,20H,3-7,10-11H2,1-2H3. The molecule has 1 aromatic carbocycles. The van der Waals surface area contributed by atoms with Gasteiger partial charge in [0.1, 0.15) is 0 Å². The summed E-state index contributed by atoms with van der Waals surface area (Å²) in [5, 5.41) is 20.6. The van der Waals surface area contributed by atoms with E-state index in [0.717, 1.165) is 42.4 Å². The molecule has 1 atom stereocenters. The minimum absolute atomic E-state index is 0.598. The summed E-state index contributed by atoms with van der Waals surface area (Å²) in [7, 11) is 0. The summed E-state index contributed by atoms with van der Waals surface area (Å²) in [6, 6.07) is 8.62. The average Bonchev–Trinajstić information content (AvgIpc) is 2.41. The molecule has 0 radical (unpaired) electrons. The topological polar surface area (TPSA) is 44.0 Å². The van der Waals surface area contributed by atoms with Crippen LogP contribution in [-0.4, -0.2) is 5.11 Å². The third-order valence-corrected chi connectivity index (χ3v) is 4.72. The number of hydrogen-bond donors (Lipinski definition) is 1. The van der Waals surface area contributed by atoms with E-state index in [1.807, 2.05) is 26.0 Å². The van der Waals surface area contributed by atoms with Crippen LogP contribution in [-0.2, 0) is 0 Å². The fourth-order valence-corrected chi connectivity index (χ4v) is 3.33. The number of nitrogens with zero attached hydrogens (tertiary/aromatic N) is 1. The van der Waals surface area contributed by atoms with Crippen molar-refractivity contribution in [3.8, 4) is 6.07 Å². The molecule has 0 spiro atoms. The normalized spacial score (nSPS) is 20.5. The Morgan fingerprint density at radius 2 is 1.70 bits per heavy atom. The van der Waals surface area contributed by atoms with E-state index in [1.54, 1.807) is 0 Å². The molecular weight excluding hydrogens is 246 g/mol. The van der Waals surface area contributed by atoms with Crippen LogP contribution in [0.5, 0.6) is 0 Å². The molecular formula is C18H25NO. The monoisotopic (exact) mass is 271 g/mol. The van der Waals surface area contributed by atoms with Crippen molar-refractivity contribution in [1.29, 1.82) is 5.26 Å². The van der Waals surface area contributed by atoms with Crippen LogP contribution < -0.4 is 0 Å². The maximum absolute atomic E-state index is 10.9. The third kappa shape index (κ3) is 3.04. The van der Waals surface area contributed by atoms with E-state index in [-0.39, 0.29) is 0 Å². The van der Waals surface area contributed by atoms with Gasteiger partial charge < -0.3 is 5.11 Å². The molecule has 0 aliphatic heterocycles. The maximum Gasteiger partial charge on any atom is 0.0978 e. The quantitative estimate of drug-likeness (QED) is 0.855. The molecule has 20 heavy (non-hydrogen) atoms. The smallest absolute Gasteiger partial charge is 0.0978 e. The highest BCUT2D eigenvalue weighted by Gasteiger charge is 2.39. The van der Waals surface area contributed by atoms with Gasteiger partial charge in [0.25, 0.3) is 0 Å². The van der Waals surface area contributed by atoms with Gasteiger partial charge in [0.2, 0.25) is 0 Å². The zero-order valence-corrected chi connectivity index (χ0v) is 12.7. The number of nitriles is 1. The Morgan fingerprint density at radius 1 is 1.10 bits per heavy atom. The van der Waals surface area contributed by atoms with Gasteiger partial charge in [-0.1, -0.05) is 55.9 Å². The predicted octanol–water partition coefficient (Wildman–Crippen LogP) is 4.59. The summed E-state index contributed by atoms with van der Waals surface area (Å²) in [6.45, 7) is 4.05. The van der Waals surface area contributed by atoms with Crippen LogP contribution in [0.4, 0.5) is 0 Å². The van der Waals surface area contributed by atoms with E-state index < -0.39 is 11.5 Å². The summed E-state index contributed by atoms with van der Waals surface area (Å²) >= 11 is 0. The van der Waals surface area contributed by atoms with Gasteiger partial charge in [0, 0.05) is 0 Å². The molecule has 1 fully saturated rings. The molecule has 0 saturated heterocycles. The number of aliphatic hydroxyl groups excluding tert-OH is 1. The maximum atomic E-state index is 10.9. The molecule has 1 aliphatic carbocycles. The highest BCUT2D eigenvalue weighted by atomic mass is 16.3. The fraction of sp³-hybridized carbons (Fsp3) is 0.611. The summed E-state index contributed by atoms with van der Waals surface area (Å²) in [5.41, 5.74) is 2.56. The lowest BCUT2D eigenvalue weighted by molar-refractivity contribution is 0.0429. The van der Waals surface area contributed by atoms with Gasteiger partial charge in [-0.15, -0.1) is 0 Å². The first kappa shape index (κ1) is 15.1. The number of rotatable bonds is 2. The molecule has 1 N–H and O–H groups in total. The van der Waals surface area contributed by atoms with E-state index in [4.69, 9.17) is 0 Å². The van der Waals surface area contributed by atoms with Gasteiger partial charge in [0.15, 0.2) is 0 Å². The second kappa shape index (κ2) is 6.41. The van der Waals surface area contributed by atoms with Crippen molar-refractivity contribution in [2.75, 3.05) is 0 Å². The Labute approximate surface area is 122 Å². The minimum Gasteiger partial charge on any atom is -0.387 e. The van der Waals surface area contributed by atoms with Crippen molar-refractivity contribution in [3.63, 3.8) is 0 Å². The Balaban J connectivity index is 2.33. The first-order chi connectivity index (χ1) is 9.59. The van der Waals surface area contributed by atoms with E-state index in [2.05, 4.69) is 12.1 Å². The van der Waals surface area contributed by atoms with E-state index in [0.29, 0.717) is 0 Å². The Hall–Kier alpha value is -1.33. The summed E-state index contributed by atoms with van der Waals surface area (Å²) in [4.78, 5) is 0. The summed E-state index contributed by atoms with van der Waals surface area (Å²) < 4.78 is 0. The first-order valence-electron chi connectivity index (χ1n) is 7.75. The van der Waals surface area contributed by atoms with Crippen molar-refractivity contribution >= 4 is 0 Å². The van der Waals surface area contributed by atoms with Crippen LogP contribution in [0.2, 0.25) is 0 Å². The van der Waals surface area contributed by atoms with Gasteiger partial charge in [-0.3, -0.25) is 0 Å². The lowest BCUT2D eigenvalue weighted by atomic mass is 9.70. The van der Waals surface area contributed by atoms with Crippen LogP contribution in [0.3, 0.4) is 0 Å². The van der Waals surface area contributed by atoms with Crippen molar-refractivity contribution in [1.82, 2.24) is 0 Å². The van der Waals surface area contributed by atoms with E-state index in [9.17, 15) is 10.4 Å². The number of aryl methyl sites for hydroxylation is 2. The van der Waals surface area contributed by atoms with Gasteiger partial charge in [-0.25, -0.2) is 0 Å². The zero-order chi connectivity index (χ0) is 14.6. The van der Waals surface area contributed by atoms with E-state index in [1.165, 1.54) is 19.3 Å². The van der Waals surface area contributed by atoms with E-state index >= 15 is 0 Å². The summed E-state index contributed by atoms with van der Waals surface area (Å²) in [5.74, 6) is 0. The number of benzene rings is 1. The second-order valence-corrected chi connectivity index (χ2v) is 6.30. The molecule has 108 valence electrons. The SMILES string of the molecule is Cc1ccc(C)c(C(O)C2(C#N)CCCCCCC2)c1. The minimum atomic E-state index is -0.662. The fourth-order valence-electron chi connectivity index (χ4n) is 3.33. The van der Waals surface area contributed by atoms with Crippen molar-refractivity contribution in [2.24, 2.45) is 5.41 Å². The van der Waals surface area contributed by atoms with Gasteiger partial charge in [-0.2, -0.15) is 5.26 Å². The Kier molecular flexibility index (Phi) is 4.83. The highest BCUT2D eigenvalue weighted by molar-refractivity contribution is 5.34. The molecule has 1 unspecified atom stereocenters. The molecule has 2 rings (SSSR count). The highest BCUT2D eigenvalue weighted by Crippen LogP contribution is 2.44. The molecule has 2 nitrogen and oxygen atoms in total. The first-order valence-corrected chi connectivity index (χ1v) is 7.75. The molecule has 0 aromatic heterocycles. The zero-order valence-electron chi connectivity index (χ0n) is 12.7. The predicted molar refractivity (Wildman–Crippen MR) is 81.2 cm³/mol. The molecule has 2 heteroatoms. The third-order valence-electron chi connectivity index (χ3n) is 4.72. The van der Waals surface area contributed by atoms with Crippen LogP contribution >= 0.6 is 0 Å². The lowest BCUT2D eigenvalue weighted by Crippen LogP contribution is -2.29. The van der Waals surface area contributed by atoms with Gasteiger partial charge in [-0.05, 0) is 37.8 Å². The molecule has 0 bridgehead atoms. The average molecular weight is 271 g/mol. The largest absolute Gasteiger partial charge is 0.387 e. The summed E-state index contributed by atoms with van der Waals surface area (Å²) in [6.07, 6.45) is 6.71. The molecule has 1 aromatic rings. The number of aliphatic hydroxyl groups is 1. The van der Waals surface area contributed by atoms with Crippen LogP contribution in [0.25, 0.3) is 0 Å². The Bertz CT molecular complexity index is 493. The molecule has 1 saturated carbocycles. The lowest BCUT2D eigenvalue weighted by Gasteiger charge is -2.34. The molecule has 0 heterocycles. The second-order valence-electron chi connectivity index (χ2n) is 6.30. The molecule has 1 aliphatic rings.